The van der Waals surface area contributed by atoms with Gasteiger partial charge in [-0.2, -0.15) is 0 Å². The van der Waals surface area contributed by atoms with Gasteiger partial charge in [-0.3, -0.25) is 14.2 Å². The van der Waals surface area contributed by atoms with E-state index in [-0.39, 0.29) is 24.6 Å². The molecule has 0 bridgehead atoms. The molecule has 1 amide bonds. The fraction of sp³-hybridized carbons (Fsp3) is 0.450. The van der Waals surface area contributed by atoms with Crippen molar-refractivity contribution in [2.75, 3.05) is 43.6 Å². The molecule has 0 unspecified atom stereocenters. The predicted molar refractivity (Wildman–Crippen MR) is 107 cm³/mol. The molecule has 1 N–H and O–H groups in total. The van der Waals surface area contributed by atoms with Crippen molar-refractivity contribution in [2.24, 2.45) is 0 Å². The normalized spacial score (nSPS) is 15.4. The number of hydrogen-bond donors (Lipinski definition) is 1. The molecule has 2 aliphatic heterocycles. The van der Waals surface area contributed by atoms with E-state index >= 15 is 0 Å². The van der Waals surface area contributed by atoms with Crippen molar-refractivity contribution in [2.45, 2.75) is 26.0 Å². The Hall–Kier alpha value is -3.07. The molecule has 154 valence electrons. The number of ether oxygens (including phenoxy) is 3. The minimum absolute atomic E-state index is 0.126. The molecule has 1 saturated heterocycles. The third-order valence-electron chi connectivity index (χ3n) is 4.85. The summed E-state index contributed by atoms with van der Waals surface area (Å²) in [5.41, 5.74) is 0.869. The topological polar surface area (TPSA) is 94.9 Å². The number of anilines is 2. The zero-order valence-electron chi connectivity index (χ0n) is 16.3. The molecule has 0 atom stereocenters. The van der Waals surface area contributed by atoms with Crippen molar-refractivity contribution in [3.05, 3.63) is 40.3 Å². The van der Waals surface area contributed by atoms with Crippen LogP contribution >= 0.6 is 0 Å². The average molecular weight is 400 g/mol. The SMILES string of the molecule is COCc1cc(=O)n(CC(=O)Nc2ccc3c(c2)OCCO3)c(N2CCCC2)n1. The summed E-state index contributed by atoms with van der Waals surface area (Å²) in [5, 5.41) is 2.82. The van der Waals surface area contributed by atoms with Crippen molar-refractivity contribution in [3.8, 4) is 11.5 Å². The Morgan fingerprint density at radius 2 is 1.93 bits per heavy atom. The van der Waals surface area contributed by atoms with E-state index in [1.165, 1.54) is 10.6 Å². The molecule has 0 aliphatic carbocycles. The molecule has 9 nitrogen and oxygen atoms in total. The highest BCUT2D eigenvalue weighted by Gasteiger charge is 2.21. The number of benzene rings is 1. The number of carbonyl (C=O) groups is 1. The van der Waals surface area contributed by atoms with Gasteiger partial charge in [0, 0.05) is 38.0 Å². The van der Waals surface area contributed by atoms with Crippen LogP contribution in [-0.2, 0) is 22.7 Å². The van der Waals surface area contributed by atoms with Crippen LogP contribution in [0.1, 0.15) is 18.5 Å². The lowest BCUT2D eigenvalue weighted by Gasteiger charge is -2.22. The minimum atomic E-state index is -0.314. The monoisotopic (exact) mass is 400 g/mol. The first-order valence-corrected chi connectivity index (χ1v) is 9.68. The lowest BCUT2D eigenvalue weighted by molar-refractivity contribution is -0.116. The van der Waals surface area contributed by atoms with E-state index in [1.54, 1.807) is 25.3 Å². The fourth-order valence-corrected chi connectivity index (χ4v) is 3.53. The van der Waals surface area contributed by atoms with Gasteiger partial charge in [0.15, 0.2) is 11.5 Å². The molecule has 1 aromatic carbocycles. The Kier molecular flexibility index (Phi) is 5.66. The van der Waals surface area contributed by atoms with Crippen LogP contribution in [-0.4, -0.2) is 48.9 Å². The van der Waals surface area contributed by atoms with Crippen LogP contribution in [0.3, 0.4) is 0 Å². The number of methoxy groups -OCH3 is 1. The van der Waals surface area contributed by atoms with Gasteiger partial charge >= 0.3 is 0 Å². The van der Waals surface area contributed by atoms with E-state index in [1.807, 2.05) is 4.90 Å². The summed E-state index contributed by atoms with van der Waals surface area (Å²) >= 11 is 0. The quantitative estimate of drug-likeness (QED) is 0.783. The maximum absolute atomic E-state index is 12.7. The van der Waals surface area contributed by atoms with Gasteiger partial charge in [0.25, 0.3) is 5.56 Å². The van der Waals surface area contributed by atoms with Crippen molar-refractivity contribution in [1.82, 2.24) is 9.55 Å². The number of amides is 1. The van der Waals surface area contributed by atoms with Crippen LogP contribution < -0.4 is 25.2 Å². The summed E-state index contributed by atoms with van der Waals surface area (Å²) in [6.07, 6.45) is 2.07. The second-order valence-electron chi connectivity index (χ2n) is 7.01. The summed E-state index contributed by atoms with van der Waals surface area (Å²) in [4.78, 5) is 32.0. The lowest BCUT2D eigenvalue weighted by Crippen LogP contribution is -2.35. The molecular formula is C20H24N4O5. The van der Waals surface area contributed by atoms with E-state index in [0.29, 0.717) is 42.0 Å². The Labute approximate surface area is 168 Å². The minimum Gasteiger partial charge on any atom is -0.486 e. The molecule has 2 aromatic rings. The van der Waals surface area contributed by atoms with Gasteiger partial charge in [0.05, 0.1) is 12.3 Å². The standard InChI is InChI=1S/C20H24N4O5/c1-27-13-15-11-19(26)24(20(22-15)23-6-2-3-7-23)12-18(25)21-14-4-5-16-17(10-14)29-9-8-28-16/h4-5,10-11H,2-3,6-9,12-13H2,1H3,(H,21,25). The summed E-state index contributed by atoms with van der Waals surface area (Å²) < 4.78 is 17.6. The highest BCUT2D eigenvalue weighted by atomic mass is 16.6. The first kappa shape index (κ1) is 19.3. The Morgan fingerprint density at radius 3 is 2.69 bits per heavy atom. The zero-order valence-corrected chi connectivity index (χ0v) is 16.3. The number of carbonyl (C=O) groups excluding carboxylic acids is 1. The third-order valence-corrected chi connectivity index (χ3v) is 4.85. The van der Waals surface area contributed by atoms with Gasteiger partial charge in [-0.15, -0.1) is 0 Å². The average Bonchev–Trinajstić information content (AvgIpc) is 3.24. The molecular weight excluding hydrogens is 376 g/mol. The summed E-state index contributed by atoms with van der Waals surface area (Å²) in [5.74, 6) is 1.44. The zero-order chi connectivity index (χ0) is 20.2. The predicted octanol–water partition coefficient (Wildman–Crippen LogP) is 1.40. The molecule has 1 aromatic heterocycles. The Balaban J connectivity index is 1.55. The Morgan fingerprint density at radius 1 is 1.17 bits per heavy atom. The summed E-state index contributed by atoms with van der Waals surface area (Å²) in [6, 6.07) is 6.64. The van der Waals surface area contributed by atoms with Crippen LogP contribution in [0.4, 0.5) is 11.6 Å². The maximum Gasteiger partial charge on any atom is 0.255 e. The number of nitrogens with one attached hydrogen (secondary N) is 1. The molecule has 0 radical (unpaired) electrons. The molecule has 2 aliphatic rings. The maximum atomic E-state index is 12.7. The van der Waals surface area contributed by atoms with E-state index in [9.17, 15) is 9.59 Å². The summed E-state index contributed by atoms with van der Waals surface area (Å²) in [7, 11) is 1.56. The van der Waals surface area contributed by atoms with Crippen LogP contribution in [0, 0.1) is 0 Å². The van der Waals surface area contributed by atoms with E-state index in [2.05, 4.69) is 10.3 Å². The number of nitrogens with zero attached hydrogens (tertiary/aromatic N) is 3. The van der Waals surface area contributed by atoms with Crippen molar-refractivity contribution in [1.29, 1.82) is 0 Å². The second kappa shape index (κ2) is 8.52. The van der Waals surface area contributed by atoms with Crippen LogP contribution in [0.25, 0.3) is 0 Å². The van der Waals surface area contributed by atoms with Gasteiger partial charge in [-0.1, -0.05) is 0 Å². The van der Waals surface area contributed by atoms with Gasteiger partial charge < -0.3 is 24.4 Å². The van der Waals surface area contributed by atoms with Gasteiger partial charge in [0.1, 0.15) is 19.8 Å². The lowest BCUT2D eigenvalue weighted by atomic mass is 10.2. The first-order chi connectivity index (χ1) is 14.1. The van der Waals surface area contributed by atoms with Crippen molar-refractivity contribution in [3.63, 3.8) is 0 Å². The third kappa shape index (κ3) is 4.34. The Bertz CT molecular complexity index is 952. The molecule has 29 heavy (non-hydrogen) atoms. The second-order valence-corrected chi connectivity index (χ2v) is 7.01. The molecule has 9 heteroatoms. The van der Waals surface area contributed by atoms with E-state index < -0.39 is 0 Å². The molecule has 4 rings (SSSR count). The molecule has 0 spiro atoms. The first-order valence-electron chi connectivity index (χ1n) is 9.68. The molecule has 0 saturated carbocycles. The fourth-order valence-electron chi connectivity index (χ4n) is 3.53. The number of aromatic nitrogens is 2. The van der Waals surface area contributed by atoms with Gasteiger partial charge in [-0.25, -0.2) is 4.98 Å². The molecule has 1 fully saturated rings. The van der Waals surface area contributed by atoms with Crippen LogP contribution in [0.2, 0.25) is 0 Å². The van der Waals surface area contributed by atoms with Gasteiger partial charge in [-0.05, 0) is 25.0 Å². The van der Waals surface area contributed by atoms with E-state index in [0.717, 1.165) is 25.9 Å². The number of rotatable bonds is 6. The van der Waals surface area contributed by atoms with Crippen molar-refractivity contribution >= 4 is 17.5 Å². The summed E-state index contributed by atoms with van der Waals surface area (Å²) in [6.45, 7) is 2.73. The number of fused-ring (bicyclic) bond motifs is 1. The largest absolute Gasteiger partial charge is 0.486 e. The van der Waals surface area contributed by atoms with Gasteiger partial charge in [0.2, 0.25) is 11.9 Å². The highest BCUT2D eigenvalue weighted by molar-refractivity contribution is 5.91. The van der Waals surface area contributed by atoms with Crippen molar-refractivity contribution < 1.29 is 19.0 Å². The smallest absolute Gasteiger partial charge is 0.255 e. The number of hydrogen-bond acceptors (Lipinski definition) is 7. The molecule has 3 heterocycles. The van der Waals surface area contributed by atoms with Crippen LogP contribution in [0.5, 0.6) is 11.5 Å². The highest BCUT2D eigenvalue weighted by Crippen LogP contribution is 2.32. The van der Waals surface area contributed by atoms with Crippen LogP contribution in [0.15, 0.2) is 29.1 Å². The van der Waals surface area contributed by atoms with E-state index in [4.69, 9.17) is 14.2 Å².